The van der Waals surface area contributed by atoms with E-state index in [1.165, 1.54) is 12.1 Å². The molecule has 0 spiro atoms. The molecule has 0 saturated carbocycles. The molecule has 0 radical (unpaired) electrons. The van der Waals surface area contributed by atoms with Gasteiger partial charge in [-0.25, -0.2) is 4.39 Å². The minimum atomic E-state index is -0.279. The lowest BCUT2D eigenvalue weighted by molar-refractivity contribution is 0.0305. The normalized spacial score (nSPS) is 21.2. The molecule has 3 rings (SSSR count). The SMILES string of the molecule is Cc1cc(F)cc([C@H]2NCC[C@H]2OCc2cnccn2)c1Cl. The molecule has 116 valence electrons. The van der Waals surface area contributed by atoms with E-state index in [1.807, 2.05) is 0 Å². The highest BCUT2D eigenvalue weighted by Crippen LogP contribution is 2.34. The molecular weight excluding hydrogens is 305 g/mol. The lowest BCUT2D eigenvalue weighted by Crippen LogP contribution is -2.24. The molecule has 2 atom stereocenters. The van der Waals surface area contributed by atoms with Gasteiger partial charge in [0, 0.05) is 17.4 Å². The highest BCUT2D eigenvalue weighted by atomic mass is 35.5. The minimum absolute atomic E-state index is 0.0688. The van der Waals surface area contributed by atoms with Crippen molar-refractivity contribution in [3.63, 3.8) is 0 Å². The van der Waals surface area contributed by atoms with Crippen LogP contribution in [0.25, 0.3) is 0 Å². The van der Waals surface area contributed by atoms with Gasteiger partial charge < -0.3 is 10.1 Å². The summed E-state index contributed by atoms with van der Waals surface area (Å²) in [5.41, 5.74) is 2.26. The second kappa shape index (κ2) is 6.69. The van der Waals surface area contributed by atoms with E-state index in [2.05, 4.69) is 15.3 Å². The number of ether oxygens (including phenoxy) is 1. The quantitative estimate of drug-likeness (QED) is 0.939. The molecule has 6 heteroatoms. The molecule has 4 nitrogen and oxygen atoms in total. The number of aryl methyl sites for hydroxylation is 1. The summed E-state index contributed by atoms with van der Waals surface area (Å²) in [4.78, 5) is 8.20. The van der Waals surface area contributed by atoms with Gasteiger partial charge in [0.25, 0.3) is 0 Å². The molecule has 1 N–H and O–H groups in total. The maximum atomic E-state index is 13.7. The zero-order valence-corrected chi connectivity index (χ0v) is 13.0. The Morgan fingerprint density at radius 2 is 2.27 bits per heavy atom. The largest absolute Gasteiger partial charge is 0.370 e. The van der Waals surface area contributed by atoms with Gasteiger partial charge in [0.2, 0.25) is 0 Å². The third kappa shape index (κ3) is 3.27. The Labute approximate surface area is 133 Å². The van der Waals surface area contributed by atoms with Crippen molar-refractivity contribution >= 4 is 11.6 Å². The number of nitrogens with zero attached hydrogens (tertiary/aromatic N) is 2. The van der Waals surface area contributed by atoms with E-state index in [-0.39, 0.29) is 18.0 Å². The van der Waals surface area contributed by atoms with Crippen LogP contribution in [0, 0.1) is 12.7 Å². The van der Waals surface area contributed by atoms with Crippen LogP contribution in [0.1, 0.15) is 29.3 Å². The van der Waals surface area contributed by atoms with Gasteiger partial charge >= 0.3 is 0 Å². The first-order chi connectivity index (χ1) is 10.6. The van der Waals surface area contributed by atoms with E-state index in [1.54, 1.807) is 25.5 Å². The number of hydrogen-bond acceptors (Lipinski definition) is 4. The average molecular weight is 322 g/mol. The van der Waals surface area contributed by atoms with Gasteiger partial charge in [-0.15, -0.1) is 0 Å². The molecule has 1 saturated heterocycles. The molecule has 1 aromatic carbocycles. The van der Waals surface area contributed by atoms with E-state index in [4.69, 9.17) is 16.3 Å². The van der Waals surface area contributed by atoms with Gasteiger partial charge in [-0.3, -0.25) is 9.97 Å². The maximum Gasteiger partial charge on any atom is 0.123 e. The third-order valence-corrected chi connectivity index (χ3v) is 4.33. The van der Waals surface area contributed by atoms with Crippen molar-refractivity contribution in [1.82, 2.24) is 15.3 Å². The fraction of sp³-hybridized carbons (Fsp3) is 0.375. The van der Waals surface area contributed by atoms with Gasteiger partial charge in [0.15, 0.2) is 0 Å². The molecular formula is C16H17ClFN3O. The fourth-order valence-corrected chi connectivity index (χ4v) is 2.97. The Morgan fingerprint density at radius 3 is 3.05 bits per heavy atom. The molecule has 0 aliphatic carbocycles. The predicted octanol–water partition coefficient (Wildman–Crippen LogP) is 3.20. The highest BCUT2D eigenvalue weighted by Gasteiger charge is 2.31. The Hall–Kier alpha value is -1.56. The minimum Gasteiger partial charge on any atom is -0.370 e. The van der Waals surface area contributed by atoms with Crippen LogP contribution in [0.2, 0.25) is 5.02 Å². The molecule has 22 heavy (non-hydrogen) atoms. The molecule has 0 amide bonds. The Kier molecular flexibility index (Phi) is 4.66. The lowest BCUT2D eigenvalue weighted by Gasteiger charge is -2.22. The van der Waals surface area contributed by atoms with Crippen LogP contribution < -0.4 is 5.32 Å². The fourth-order valence-electron chi connectivity index (χ4n) is 2.74. The first kappa shape index (κ1) is 15.3. The number of aromatic nitrogens is 2. The van der Waals surface area contributed by atoms with E-state index in [0.29, 0.717) is 11.6 Å². The van der Waals surface area contributed by atoms with Gasteiger partial charge in [-0.1, -0.05) is 11.6 Å². The van der Waals surface area contributed by atoms with Crippen molar-refractivity contribution in [1.29, 1.82) is 0 Å². The number of hydrogen-bond donors (Lipinski definition) is 1. The molecule has 1 aliphatic rings. The molecule has 2 aromatic rings. The molecule has 1 fully saturated rings. The van der Waals surface area contributed by atoms with Gasteiger partial charge in [-0.05, 0) is 43.1 Å². The van der Waals surface area contributed by atoms with E-state index in [9.17, 15) is 4.39 Å². The molecule has 0 unspecified atom stereocenters. The van der Waals surface area contributed by atoms with Crippen molar-refractivity contribution in [3.8, 4) is 0 Å². The summed E-state index contributed by atoms with van der Waals surface area (Å²) in [5, 5.41) is 3.93. The van der Waals surface area contributed by atoms with Gasteiger partial charge in [0.05, 0.1) is 30.6 Å². The van der Waals surface area contributed by atoms with Gasteiger partial charge in [-0.2, -0.15) is 0 Å². The van der Waals surface area contributed by atoms with Crippen LogP contribution in [-0.2, 0) is 11.3 Å². The maximum absolute atomic E-state index is 13.7. The summed E-state index contributed by atoms with van der Waals surface area (Å²) in [5.74, 6) is -0.279. The smallest absolute Gasteiger partial charge is 0.123 e. The number of nitrogens with one attached hydrogen (secondary N) is 1. The zero-order chi connectivity index (χ0) is 15.5. The van der Waals surface area contributed by atoms with E-state index in [0.717, 1.165) is 29.8 Å². The first-order valence-electron chi connectivity index (χ1n) is 7.20. The van der Waals surface area contributed by atoms with Crippen LogP contribution in [0.3, 0.4) is 0 Å². The first-order valence-corrected chi connectivity index (χ1v) is 7.58. The summed E-state index contributed by atoms with van der Waals surface area (Å²) >= 11 is 6.34. The van der Waals surface area contributed by atoms with Crippen LogP contribution in [0.5, 0.6) is 0 Å². The monoisotopic (exact) mass is 321 g/mol. The lowest BCUT2D eigenvalue weighted by atomic mass is 10.0. The third-order valence-electron chi connectivity index (χ3n) is 3.81. The van der Waals surface area contributed by atoms with E-state index >= 15 is 0 Å². The Bertz CT molecular complexity index is 653. The van der Waals surface area contributed by atoms with Crippen molar-refractivity contribution < 1.29 is 9.13 Å². The van der Waals surface area contributed by atoms with Crippen LogP contribution in [0.4, 0.5) is 4.39 Å². The van der Waals surface area contributed by atoms with Crippen LogP contribution >= 0.6 is 11.6 Å². The number of rotatable bonds is 4. The van der Waals surface area contributed by atoms with Crippen molar-refractivity contribution in [2.75, 3.05) is 6.54 Å². The van der Waals surface area contributed by atoms with Gasteiger partial charge in [0.1, 0.15) is 5.82 Å². The summed E-state index contributed by atoms with van der Waals surface area (Å²) in [6.45, 7) is 2.99. The second-order valence-electron chi connectivity index (χ2n) is 5.39. The van der Waals surface area contributed by atoms with E-state index < -0.39 is 0 Å². The standard InChI is InChI=1S/C16H17ClFN3O/c1-10-6-11(18)7-13(15(10)17)16-14(2-3-21-16)22-9-12-8-19-4-5-20-12/h4-8,14,16,21H,2-3,9H2,1H3/t14-,16-/m1/s1. The zero-order valence-electron chi connectivity index (χ0n) is 12.2. The van der Waals surface area contributed by atoms with Crippen molar-refractivity contribution in [2.45, 2.75) is 32.1 Å². The molecule has 0 bridgehead atoms. The van der Waals surface area contributed by atoms with Crippen molar-refractivity contribution in [2.24, 2.45) is 0 Å². The van der Waals surface area contributed by atoms with Crippen LogP contribution in [0.15, 0.2) is 30.7 Å². The topological polar surface area (TPSA) is 47.0 Å². The van der Waals surface area contributed by atoms with Crippen LogP contribution in [-0.4, -0.2) is 22.6 Å². The summed E-state index contributed by atoms with van der Waals surface area (Å²) < 4.78 is 19.6. The Morgan fingerprint density at radius 1 is 1.41 bits per heavy atom. The summed E-state index contributed by atoms with van der Waals surface area (Å²) in [6, 6.07) is 2.81. The second-order valence-corrected chi connectivity index (χ2v) is 5.77. The molecule has 1 aromatic heterocycles. The Balaban J connectivity index is 1.76. The summed E-state index contributed by atoms with van der Waals surface area (Å²) in [7, 11) is 0. The molecule has 2 heterocycles. The molecule has 1 aliphatic heterocycles. The van der Waals surface area contributed by atoms with Crippen molar-refractivity contribution in [3.05, 3.63) is 58.4 Å². The predicted molar refractivity (Wildman–Crippen MR) is 82.1 cm³/mol. The summed E-state index contributed by atoms with van der Waals surface area (Å²) in [6.07, 6.45) is 5.71. The number of halogens is 2. The highest BCUT2D eigenvalue weighted by molar-refractivity contribution is 6.32. The number of benzene rings is 1. The average Bonchev–Trinajstić information content (AvgIpc) is 2.98.